The van der Waals surface area contributed by atoms with Gasteiger partial charge in [-0.2, -0.15) is 0 Å². The summed E-state index contributed by atoms with van der Waals surface area (Å²) < 4.78 is 4.88. The minimum Gasteiger partial charge on any atom is -0.489 e. The third-order valence-electron chi connectivity index (χ3n) is 2.13. The lowest BCUT2D eigenvalue weighted by Gasteiger charge is -2.27. The number of methoxy groups -OCH3 is 1. The number of H-pyrrole nitrogens is 1. The third kappa shape index (κ3) is 2.50. The molecule has 0 bridgehead atoms. The summed E-state index contributed by atoms with van der Waals surface area (Å²) in [6.07, 6.45) is 1.21. The van der Waals surface area contributed by atoms with Crippen molar-refractivity contribution in [1.29, 1.82) is 0 Å². The molecule has 0 aliphatic carbocycles. The Bertz CT molecular complexity index is 400. The van der Waals surface area contributed by atoms with E-state index in [2.05, 4.69) is 15.3 Å². The zero-order chi connectivity index (χ0) is 12.2. The van der Waals surface area contributed by atoms with Gasteiger partial charge in [-0.3, -0.25) is 4.79 Å². The molecule has 0 fully saturated rings. The van der Waals surface area contributed by atoms with E-state index >= 15 is 0 Å². The van der Waals surface area contributed by atoms with Crippen LogP contribution in [0.25, 0.3) is 0 Å². The van der Waals surface area contributed by atoms with Crippen molar-refractivity contribution in [3.63, 3.8) is 0 Å². The number of aromatic amines is 1. The van der Waals surface area contributed by atoms with Gasteiger partial charge in [0.15, 0.2) is 5.82 Å². The van der Waals surface area contributed by atoms with Crippen molar-refractivity contribution in [2.75, 3.05) is 25.6 Å². The first-order valence-corrected chi connectivity index (χ1v) is 4.68. The first-order chi connectivity index (χ1) is 7.56. The van der Waals surface area contributed by atoms with Gasteiger partial charge in [-0.15, -0.1) is 0 Å². The molecule has 0 spiro atoms. The van der Waals surface area contributed by atoms with Crippen LogP contribution >= 0.6 is 0 Å². The van der Waals surface area contributed by atoms with Crippen molar-refractivity contribution in [3.8, 4) is 5.75 Å². The van der Waals surface area contributed by atoms with Gasteiger partial charge in [-0.05, 0) is 6.92 Å². The Morgan fingerprint density at radius 1 is 1.56 bits per heavy atom. The van der Waals surface area contributed by atoms with Gasteiger partial charge in [-0.25, -0.2) is 4.98 Å². The van der Waals surface area contributed by atoms with E-state index in [1.807, 2.05) is 0 Å². The summed E-state index contributed by atoms with van der Waals surface area (Å²) in [6.45, 7) is 0.984. The van der Waals surface area contributed by atoms with Crippen molar-refractivity contribution in [2.45, 2.75) is 12.5 Å². The number of nitrogens with zero attached hydrogens (tertiary/aromatic N) is 1. The zero-order valence-electron chi connectivity index (χ0n) is 9.15. The number of rotatable bonds is 5. The second-order valence-corrected chi connectivity index (χ2v) is 3.62. The van der Waals surface area contributed by atoms with Crippen LogP contribution in [0.15, 0.2) is 11.1 Å². The Morgan fingerprint density at radius 3 is 2.69 bits per heavy atom. The van der Waals surface area contributed by atoms with Gasteiger partial charge in [0.25, 0.3) is 5.56 Å². The molecule has 0 radical (unpaired) electrons. The molecule has 0 saturated heterocycles. The van der Waals surface area contributed by atoms with Crippen LogP contribution < -0.4 is 15.6 Å². The minimum atomic E-state index is -0.964. The molecule has 0 aliphatic rings. The van der Waals surface area contributed by atoms with Gasteiger partial charge in [0, 0.05) is 0 Å². The molecule has 0 aromatic carbocycles. The van der Waals surface area contributed by atoms with Gasteiger partial charge >= 0.3 is 0 Å². The van der Waals surface area contributed by atoms with Crippen LogP contribution in [0, 0.1) is 0 Å². The van der Waals surface area contributed by atoms with Gasteiger partial charge in [0.2, 0.25) is 5.75 Å². The lowest BCUT2D eigenvalue weighted by atomic mass is 10.1. The van der Waals surface area contributed by atoms with Crippen LogP contribution in [-0.2, 0) is 0 Å². The molecule has 16 heavy (non-hydrogen) atoms. The lowest BCUT2D eigenvalue weighted by Crippen LogP contribution is -2.43. The molecule has 1 rings (SSSR count). The van der Waals surface area contributed by atoms with Crippen LogP contribution in [0.1, 0.15) is 6.92 Å². The Morgan fingerprint density at radius 2 is 2.19 bits per heavy atom. The maximum atomic E-state index is 11.3. The number of anilines is 1. The Labute approximate surface area is 92.1 Å². The fourth-order valence-corrected chi connectivity index (χ4v) is 1.08. The van der Waals surface area contributed by atoms with E-state index in [4.69, 9.17) is 14.9 Å². The molecule has 4 N–H and O–H groups in total. The molecule has 7 nitrogen and oxygen atoms in total. The molecule has 0 saturated carbocycles. The first-order valence-electron chi connectivity index (χ1n) is 4.68. The molecule has 0 amide bonds. The highest BCUT2D eigenvalue weighted by Crippen LogP contribution is 2.19. The lowest BCUT2D eigenvalue weighted by molar-refractivity contribution is 0.147. The SMILES string of the molecule is COc1c(NC(C)(CO)CO)nc[nH]c1=O. The summed E-state index contributed by atoms with van der Waals surface area (Å²) in [5.74, 6) is 0.187. The number of aromatic nitrogens is 2. The zero-order valence-corrected chi connectivity index (χ0v) is 9.15. The van der Waals surface area contributed by atoms with E-state index in [1.165, 1.54) is 13.4 Å². The number of hydrogen-bond acceptors (Lipinski definition) is 6. The van der Waals surface area contributed by atoms with Gasteiger partial charge in [0.1, 0.15) is 0 Å². The number of nitrogens with one attached hydrogen (secondary N) is 2. The molecule has 0 unspecified atom stereocenters. The fraction of sp³-hybridized carbons (Fsp3) is 0.556. The van der Waals surface area contributed by atoms with Crippen molar-refractivity contribution in [2.24, 2.45) is 0 Å². The predicted octanol–water partition coefficient (Wildman–Crippen LogP) is -1.07. The van der Waals surface area contributed by atoms with Crippen LogP contribution in [0.4, 0.5) is 5.82 Å². The molecular formula is C9H15N3O4. The van der Waals surface area contributed by atoms with Crippen LogP contribution in [-0.4, -0.2) is 46.0 Å². The summed E-state index contributed by atoms with van der Waals surface area (Å²) in [7, 11) is 1.34. The van der Waals surface area contributed by atoms with Crippen molar-refractivity contribution in [3.05, 3.63) is 16.7 Å². The number of aliphatic hydroxyl groups is 2. The molecule has 1 aromatic rings. The normalized spacial score (nSPS) is 11.2. The van der Waals surface area contributed by atoms with E-state index in [0.29, 0.717) is 0 Å². The summed E-state index contributed by atoms with van der Waals surface area (Å²) >= 11 is 0. The summed E-state index contributed by atoms with van der Waals surface area (Å²) in [5, 5.41) is 21.0. The molecule has 1 aromatic heterocycles. The highest BCUT2D eigenvalue weighted by Gasteiger charge is 2.24. The second kappa shape index (κ2) is 4.95. The van der Waals surface area contributed by atoms with E-state index in [9.17, 15) is 4.79 Å². The number of hydrogen-bond donors (Lipinski definition) is 4. The molecule has 0 aliphatic heterocycles. The maximum Gasteiger partial charge on any atom is 0.295 e. The molecular weight excluding hydrogens is 214 g/mol. The average Bonchev–Trinajstić information content (AvgIpc) is 2.29. The summed E-state index contributed by atoms with van der Waals surface area (Å²) in [6, 6.07) is 0. The molecule has 7 heteroatoms. The van der Waals surface area contributed by atoms with Gasteiger partial charge in [-0.1, -0.05) is 0 Å². The van der Waals surface area contributed by atoms with Crippen molar-refractivity contribution < 1.29 is 14.9 Å². The fourth-order valence-electron chi connectivity index (χ4n) is 1.08. The highest BCUT2D eigenvalue weighted by atomic mass is 16.5. The van der Waals surface area contributed by atoms with Gasteiger partial charge < -0.3 is 25.3 Å². The summed E-state index contributed by atoms with van der Waals surface area (Å²) in [5.41, 5.74) is -1.40. The van der Waals surface area contributed by atoms with Crippen molar-refractivity contribution >= 4 is 5.82 Å². The summed E-state index contributed by atoms with van der Waals surface area (Å²) in [4.78, 5) is 17.6. The quantitative estimate of drug-likeness (QED) is 0.512. The molecule has 90 valence electrons. The van der Waals surface area contributed by atoms with E-state index < -0.39 is 11.1 Å². The first kappa shape index (κ1) is 12.5. The second-order valence-electron chi connectivity index (χ2n) is 3.62. The minimum absolute atomic E-state index is 0.00984. The topological polar surface area (TPSA) is 107 Å². The van der Waals surface area contributed by atoms with Crippen molar-refractivity contribution in [1.82, 2.24) is 9.97 Å². The van der Waals surface area contributed by atoms with E-state index in [1.54, 1.807) is 6.92 Å². The van der Waals surface area contributed by atoms with Crippen LogP contribution in [0.5, 0.6) is 5.75 Å². The Balaban J connectivity index is 3.05. The largest absolute Gasteiger partial charge is 0.489 e. The van der Waals surface area contributed by atoms with E-state index in [0.717, 1.165) is 0 Å². The monoisotopic (exact) mass is 229 g/mol. The highest BCUT2D eigenvalue weighted by molar-refractivity contribution is 5.49. The predicted molar refractivity (Wildman–Crippen MR) is 57.6 cm³/mol. The smallest absolute Gasteiger partial charge is 0.295 e. The van der Waals surface area contributed by atoms with Crippen LogP contribution in [0.2, 0.25) is 0 Å². The van der Waals surface area contributed by atoms with E-state index in [-0.39, 0.29) is 24.8 Å². The maximum absolute atomic E-state index is 11.3. The van der Waals surface area contributed by atoms with Crippen LogP contribution in [0.3, 0.4) is 0 Å². The number of aliphatic hydroxyl groups excluding tert-OH is 2. The number of ether oxygens (including phenoxy) is 1. The van der Waals surface area contributed by atoms with Gasteiger partial charge in [0.05, 0.1) is 32.2 Å². The molecule has 0 atom stereocenters. The Kier molecular flexibility index (Phi) is 3.86. The average molecular weight is 229 g/mol. The Hall–Kier alpha value is -1.60. The third-order valence-corrected chi connectivity index (χ3v) is 2.13. The standard InChI is InChI=1S/C9H15N3O4/c1-9(3-13,4-14)12-7-6(16-2)8(15)11-5-10-7/h5,13-14H,3-4H2,1-2H3,(H2,10,11,12,15). The molecule has 1 heterocycles.